The standard InChI is InChI=1S/C18H17F2N5/c1-10-3-4-11(2)15(7-10)25-18-16(21)17(22-9-23-18)24-12-5-6-13(19)14(20)8-12/h3-9H,21H2,1-2H3,(H2,22,23,24,25). The molecule has 0 saturated heterocycles. The molecule has 3 rings (SSSR count). The highest BCUT2D eigenvalue weighted by atomic mass is 19.2. The minimum absolute atomic E-state index is 0.271. The van der Waals surface area contributed by atoms with Crippen molar-refractivity contribution in [1.29, 1.82) is 0 Å². The molecule has 0 fully saturated rings. The third-order valence-corrected chi connectivity index (χ3v) is 3.71. The van der Waals surface area contributed by atoms with Gasteiger partial charge in [-0.2, -0.15) is 0 Å². The van der Waals surface area contributed by atoms with Gasteiger partial charge in [0.05, 0.1) is 0 Å². The predicted octanol–water partition coefficient (Wildman–Crippen LogP) is 4.44. The van der Waals surface area contributed by atoms with Crippen LogP contribution in [0, 0.1) is 25.5 Å². The molecule has 0 amide bonds. The lowest BCUT2D eigenvalue weighted by Gasteiger charge is -2.14. The van der Waals surface area contributed by atoms with Crippen molar-refractivity contribution in [3.8, 4) is 0 Å². The fraction of sp³-hybridized carbons (Fsp3) is 0.111. The number of aromatic nitrogens is 2. The van der Waals surface area contributed by atoms with Gasteiger partial charge in [0.15, 0.2) is 23.3 Å². The first-order valence-corrected chi connectivity index (χ1v) is 7.61. The molecule has 3 aromatic rings. The van der Waals surface area contributed by atoms with Gasteiger partial charge in [-0.3, -0.25) is 0 Å². The van der Waals surface area contributed by atoms with Gasteiger partial charge in [0.2, 0.25) is 0 Å². The largest absolute Gasteiger partial charge is 0.393 e. The highest BCUT2D eigenvalue weighted by Crippen LogP contribution is 2.29. The minimum atomic E-state index is -0.952. The first-order valence-electron chi connectivity index (χ1n) is 7.61. The summed E-state index contributed by atoms with van der Waals surface area (Å²) in [7, 11) is 0. The van der Waals surface area contributed by atoms with Gasteiger partial charge in [-0.1, -0.05) is 12.1 Å². The Kier molecular flexibility index (Phi) is 4.47. The van der Waals surface area contributed by atoms with E-state index in [9.17, 15) is 8.78 Å². The average Bonchev–Trinajstić information content (AvgIpc) is 2.58. The van der Waals surface area contributed by atoms with Crippen LogP contribution in [-0.2, 0) is 0 Å². The number of anilines is 5. The number of hydrogen-bond donors (Lipinski definition) is 3. The van der Waals surface area contributed by atoms with Gasteiger partial charge in [-0.25, -0.2) is 18.7 Å². The molecule has 1 aromatic heterocycles. The number of aryl methyl sites for hydroxylation is 2. The molecule has 7 heteroatoms. The molecule has 0 aliphatic rings. The summed E-state index contributed by atoms with van der Waals surface area (Å²) in [4.78, 5) is 8.22. The Morgan fingerprint density at radius 1 is 0.880 bits per heavy atom. The second-order valence-electron chi connectivity index (χ2n) is 5.68. The number of halogens is 2. The van der Waals surface area contributed by atoms with Crippen LogP contribution in [0.4, 0.5) is 37.5 Å². The summed E-state index contributed by atoms with van der Waals surface area (Å²) in [6.07, 6.45) is 1.34. The predicted molar refractivity (Wildman–Crippen MR) is 95.3 cm³/mol. The van der Waals surface area contributed by atoms with Crippen LogP contribution in [0.3, 0.4) is 0 Å². The number of nitrogen functional groups attached to an aromatic ring is 1. The van der Waals surface area contributed by atoms with E-state index < -0.39 is 11.6 Å². The van der Waals surface area contributed by atoms with Crippen molar-refractivity contribution < 1.29 is 8.78 Å². The molecule has 0 aliphatic heterocycles. The number of nitrogens with zero attached hydrogens (tertiary/aromatic N) is 2. The maximum Gasteiger partial charge on any atom is 0.160 e. The van der Waals surface area contributed by atoms with Crippen molar-refractivity contribution in [1.82, 2.24) is 9.97 Å². The highest BCUT2D eigenvalue weighted by molar-refractivity contribution is 5.80. The van der Waals surface area contributed by atoms with Gasteiger partial charge in [-0.15, -0.1) is 0 Å². The Morgan fingerprint density at radius 3 is 2.32 bits per heavy atom. The van der Waals surface area contributed by atoms with Crippen LogP contribution >= 0.6 is 0 Å². The average molecular weight is 341 g/mol. The zero-order chi connectivity index (χ0) is 18.0. The molecule has 0 radical (unpaired) electrons. The molecule has 0 unspecified atom stereocenters. The number of nitrogens with two attached hydrogens (primary N) is 1. The summed E-state index contributed by atoms with van der Waals surface area (Å²) < 4.78 is 26.4. The maximum absolute atomic E-state index is 13.3. The lowest BCUT2D eigenvalue weighted by Crippen LogP contribution is -2.06. The van der Waals surface area contributed by atoms with E-state index in [1.807, 2.05) is 32.0 Å². The van der Waals surface area contributed by atoms with E-state index in [2.05, 4.69) is 20.6 Å². The lowest BCUT2D eigenvalue weighted by atomic mass is 10.1. The molecule has 0 bridgehead atoms. The van der Waals surface area contributed by atoms with E-state index in [0.29, 0.717) is 17.3 Å². The molecule has 0 aliphatic carbocycles. The molecule has 0 saturated carbocycles. The van der Waals surface area contributed by atoms with Crippen LogP contribution < -0.4 is 16.4 Å². The number of nitrogens with one attached hydrogen (secondary N) is 2. The van der Waals surface area contributed by atoms with E-state index in [0.717, 1.165) is 28.9 Å². The van der Waals surface area contributed by atoms with Crippen molar-refractivity contribution in [3.05, 3.63) is 65.5 Å². The van der Waals surface area contributed by atoms with Crippen LogP contribution in [-0.4, -0.2) is 9.97 Å². The zero-order valence-electron chi connectivity index (χ0n) is 13.8. The summed E-state index contributed by atoms with van der Waals surface area (Å²) >= 11 is 0. The topological polar surface area (TPSA) is 75.9 Å². The van der Waals surface area contributed by atoms with Gasteiger partial charge in [0.1, 0.15) is 12.0 Å². The first kappa shape index (κ1) is 16.6. The van der Waals surface area contributed by atoms with Crippen LogP contribution in [0.5, 0.6) is 0 Å². The molecular weight excluding hydrogens is 324 g/mol. The SMILES string of the molecule is Cc1ccc(C)c(Nc2ncnc(Nc3ccc(F)c(F)c3)c2N)c1. The van der Waals surface area contributed by atoms with Crippen LogP contribution in [0.2, 0.25) is 0 Å². The van der Waals surface area contributed by atoms with Crippen molar-refractivity contribution in [2.45, 2.75) is 13.8 Å². The van der Waals surface area contributed by atoms with Crippen LogP contribution in [0.1, 0.15) is 11.1 Å². The van der Waals surface area contributed by atoms with E-state index in [-0.39, 0.29) is 5.69 Å². The summed E-state index contributed by atoms with van der Waals surface area (Å²) in [5, 5.41) is 6.05. The Hall–Kier alpha value is -3.22. The smallest absolute Gasteiger partial charge is 0.160 e. The fourth-order valence-electron chi connectivity index (χ4n) is 2.30. The highest BCUT2D eigenvalue weighted by Gasteiger charge is 2.11. The lowest BCUT2D eigenvalue weighted by molar-refractivity contribution is 0.509. The third kappa shape index (κ3) is 3.65. The molecule has 0 spiro atoms. The van der Waals surface area contributed by atoms with Gasteiger partial charge >= 0.3 is 0 Å². The van der Waals surface area contributed by atoms with Crippen molar-refractivity contribution >= 4 is 28.7 Å². The van der Waals surface area contributed by atoms with Gasteiger partial charge in [-0.05, 0) is 43.2 Å². The molecule has 1 heterocycles. The number of hydrogen-bond acceptors (Lipinski definition) is 5. The van der Waals surface area contributed by atoms with Gasteiger partial charge in [0.25, 0.3) is 0 Å². The van der Waals surface area contributed by atoms with E-state index >= 15 is 0 Å². The van der Waals surface area contributed by atoms with Crippen LogP contribution in [0.15, 0.2) is 42.7 Å². The molecule has 25 heavy (non-hydrogen) atoms. The van der Waals surface area contributed by atoms with Gasteiger partial charge < -0.3 is 16.4 Å². The Balaban J connectivity index is 1.89. The van der Waals surface area contributed by atoms with Crippen molar-refractivity contribution in [2.24, 2.45) is 0 Å². The second kappa shape index (κ2) is 6.72. The zero-order valence-corrected chi connectivity index (χ0v) is 13.8. The fourth-order valence-corrected chi connectivity index (χ4v) is 2.30. The summed E-state index contributed by atoms with van der Waals surface area (Å²) in [5.74, 6) is -1.15. The normalized spacial score (nSPS) is 10.6. The molecule has 128 valence electrons. The molecule has 4 N–H and O–H groups in total. The van der Waals surface area contributed by atoms with Crippen LogP contribution in [0.25, 0.3) is 0 Å². The number of rotatable bonds is 4. The minimum Gasteiger partial charge on any atom is -0.393 e. The van der Waals surface area contributed by atoms with E-state index in [1.165, 1.54) is 12.4 Å². The molecule has 0 atom stereocenters. The second-order valence-corrected chi connectivity index (χ2v) is 5.68. The summed E-state index contributed by atoms with van der Waals surface area (Å²) in [5.41, 5.74) is 9.74. The van der Waals surface area contributed by atoms with Gasteiger partial charge in [0, 0.05) is 17.4 Å². The Labute approximate surface area is 143 Å². The molecule has 2 aromatic carbocycles. The van der Waals surface area contributed by atoms with Crippen molar-refractivity contribution in [3.63, 3.8) is 0 Å². The summed E-state index contributed by atoms with van der Waals surface area (Å²) in [6, 6.07) is 9.46. The van der Waals surface area contributed by atoms with E-state index in [4.69, 9.17) is 5.73 Å². The number of benzene rings is 2. The quantitative estimate of drug-likeness (QED) is 0.654. The Morgan fingerprint density at radius 2 is 1.60 bits per heavy atom. The first-order chi connectivity index (χ1) is 11.9. The maximum atomic E-state index is 13.3. The van der Waals surface area contributed by atoms with Crippen molar-refractivity contribution in [2.75, 3.05) is 16.4 Å². The summed E-state index contributed by atoms with van der Waals surface area (Å²) in [6.45, 7) is 3.96. The monoisotopic (exact) mass is 341 g/mol. The third-order valence-electron chi connectivity index (χ3n) is 3.71. The molecule has 5 nitrogen and oxygen atoms in total. The van der Waals surface area contributed by atoms with E-state index in [1.54, 1.807) is 0 Å². The Bertz CT molecular complexity index is 927. The molecular formula is C18H17F2N5.